The van der Waals surface area contributed by atoms with E-state index in [1.807, 2.05) is 13.8 Å². The van der Waals surface area contributed by atoms with Crippen LogP contribution in [-0.4, -0.2) is 21.0 Å². The summed E-state index contributed by atoms with van der Waals surface area (Å²) in [5, 5.41) is 6.66. The third kappa shape index (κ3) is 2.84. The highest BCUT2D eigenvalue weighted by Crippen LogP contribution is 2.16. The Morgan fingerprint density at radius 3 is 2.65 bits per heavy atom. The molecule has 0 aliphatic carbocycles. The van der Waals surface area contributed by atoms with Crippen LogP contribution < -0.4 is 5.32 Å². The Bertz CT molecular complexity index is 634. The van der Waals surface area contributed by atoms with Crippen molar-refractivity contribution >= 4 is 11.7 Å². The number of aryl methyl sites for hydroxylation is 4. The summed E-state index contributed by atoms with van der Waals surface area (Å²) in [5.74, 6) is 1.40. The minimum absolute atomic E-state index is 0.249. The minimum Gasteiger partial charge on any atom is -0.361 e. The molecule has 2 aromatic rings. The van der Waals surface area contributed by atoms with Crippen LogP contribution in [0.5, 0.6) is 0 Å². The summed E-state index contributed by atoms with van der Waals surface area (Å²) in [5.41, 5.74) is 2.04. The molecule has 2 heterocycles. The largest absolute Gasteiger partial charge is 0.361 e. The second kappa shape index (κ2) is 5.81. The highest BCUT2D eigenvalue weighted by atomic mass is 16.5. The third-order valence-corrected chi connectivity index (χ3v) is 2.99. The van der Waals surface area contributed by atoms with Gasteiger partial charge in [-0.1, -0.05) is 19.0 Å². The van der Waals surface area contributed by atoms with Gasteiger partial charge in [-0.05, 0) is 26.7 Å². The number of hydrogen-bond acceptors (Lipinski definition) is 5. The van der Waals surface area contributed by atoms with Crippen molar-refractivity contribution in [1.29, 1.82) is 0 Å². The van der Waals surface area contributed by atoms with Gasteiger partial charge in [-0.15, -0.1) is 0 Å². The minimum atomic E-state index is -0.249. The molecular weight excluding hydrogens is 256 g/mol. The SMILES string of the molecule is CCc1cc(NC(=O)c2c(CC)noc2C)nc(C)n1. The van der Waals surface area contributed by atoms with Gasteiger partial charge in [0.2, 0.25) is 0 Å². The Morgan fingerprint density at radius 2 is 2.00 bits per heavy atom. The number of carbonyl (C=O) groups excluding carboxylic acids is 1. The maximum absolute atomic E-state index is 12.3. The molecule has 20 heavy (non-hydrogen) atoms. The summed E-state index contributed by atoms with van der Waals surface area (Å²) >= 11 is 0. The molecule has 0 aromatic carbocycles. The number of carbonyl (C=O) groups is 1. The lowest BCUT2D eigenvalue weighted by Crippen LogP contribution is -2.16. The van der Waals surface area contributed by atoms with Crippen LogP contribution in [0.15, 0.2) is 10.6 Å². The number of hydrogen-bond donors (Lipinski definition) is 1. The highest BCUT2D eigenvalue weighted by Gasteiger charge is 2.19. The predicted octanol–water partition coefficient (Wildman–Crippen LogP) is 2.46. The normalized spacial score (nSPS) is 10.6. The smallest absolute Gasteiger partial charge is 0.262 e. The average Bonchev–Trinajstić information content (AvgIpc) is 2.79. The molecule has 1 N–H and O–H groups in total. The van der Waals surface area contributed by atoms with E-state index in [4.69, 9.17) is 4.52 Å². The topological polar surface area (TPSA) is 80.9 Å². The molecule has 0 fully saturated rings. The Hall–Kier alpha value is -2.24. The van der Waals surface area contributed by atoms with Crippen LogP contribution >= 0.6 is 0 Å². The zero-order valence-electron chi connectivity index (χ0n) is 12.1. The van der Waals surface area contributed by atoms with Gasteiger partial charge in [-0.2, -0.15) is 0 Å². The summed E-state index contributed by atoms with van der Waals surface area (Å²) in [6.45, 7) is 7.46. The summed E-state index contributed by atoms with van der Waals surface area (Å²) < 4.78 is 5.07. The van der Waals surface area contributed by atoms with Crippen molar-refractivity contribution in [1.82, 2.24) is 15.1 Å². The second-order valence-electron chi connectivity index (χ2n) is 4.51. The van der Waals surface area contributed by atoms with Crippen molar-refractivity contribution in [2.45, 2.75) is 40.5 Å². The van der Waals surface area contributed by atoms with Crippen LogP contribution in [0.3, 0.4) is 0 Å². The number of aromatic nitrogens is 3. The Labute approximate surface area is 117 Å². The molecule has 6 heteroatoms. The van der Waals surface area contributed by atoms with Crippen LogP contribution in [0.4, 0.5) is 5.82 Å². The lowest BCUT2D eigenvalue weighted by Gasteiger charge is -2.06. The Balaban J connectivity index is 2.27. The van der Waals surface area contributed by atoms with Gasteiger partial charge in [0.15, 0.2) is 0 Å². The lowest BCUT2D eigenvalue weighted by atomic mass is 10.1. The van der Waals surface area contributed by atoms with Crippen LogP contribution in [0.1, 0.15) is 47.2 Å². The fourth-order valence-corrected chi connectivity index (χ4v) is 2.00. The molecule has 0 aliphatic rings. The molecule has 0 aliphatic heterocycles. The molecule has 0 unspecified atom stereocenters. The molecule has 0 saturated carbocycles. The van der Waals surface area contributed by atoms with Gasteiger partial charge < -0.3 is 9.84 Å². The fraction of sp³-hybridized carbons (Fsp3) is 0.429. The first kappa shape index (κ1) is 14.2. The number of amides is 1. The number of nitrogens with zero attached hydrogens (tertiary/aromatic N) is 3. The highest BCUT2D eigenvalue weighted by molar-refractivity contribution is 6.05. The number of nitrogens with one attached hydrogen (secondary N) is 1. The van der Waals surface area contributed by atoms with E-state index in [2.05, 4.69) is 20.4 Å². The quantitative estimate of drug-likeness (QED) is 0.926. The third-order valence-electron chi connectivity index (χ3n) is 2.99. The van der Waals surface area contributed by atoms with Gasteiger partial charge >= 0.3 is 0 Å². The first-order chi connectivity index (χ1) is 9.55. The van der Waals surface area contributed by atoms with Gasteiger partial charge in [-0.3, -0.25) is 4.79 Å². The van der Waals surface area contributed by atoms with E-state index in [-0.39, 0.29) is 5.91 Å². The maximum Gasteiger partial charge on any atom is 0.262 e. The molecule has 1 amide bonds. The number of rotatable bonds is 4. The van der Waals surface area contributed by atoms with E-state index in [1.54, 1.807) is 19.9 Å². The van der Waals surface area contributed by atoms with Gasteiger partial charge in [0, 0.05) is 11.8 Å². The van der Waals surface area contributed by atoms with Crippen molar-refractivity contribution < 1.29 is 9.32 Å². The van der Waals surface area contributed by atoms with Crippen molar-refractivity contribution in [2.75, 3.05) is 5.32 Å². The van der Waals surface area contributed by atoms with Crippen LogP contribution in [0.25, 0.3) is 0 Å². The predicted molar refractivity (Wildman–Crippen MR) is 74.7 cm³/mol. The summed E-state index contributed by atoms with van der Waals surface area (Å²) in [7, 11) is 0. The maximum atomic E-state index is 12.3. The monoisotopic (exact) mass is 274 g/mol. The van der Waals surface area contributed by atoms with Crippen LogP contribution in [0, 0.1) is 13.8 Å². The van der Waals surface area contributed by atoms with Gasteiger partial charge in [-0.25, -0.2) is 9.97 Å². The van der Waals surface area contributed by atoms with Gasteiger partial charge in [0.05, 0.1) is 5.69 Å². The standard InChI is InChI=1S/C14H18N4O2/c1-5-10-7-12(16-9(4)15-10)17-14(19)13-8(3)20-18-11(13)6-2/h7H,5-6H2,1-4H3,(H,15,16,17,19). The van der Waals surface area contributed by atoms with E-state index in [9.17, 15) is 4.79 Å². The first-order valence-corrected chi connectivity index (χ1v) is 6.66. The molecule has 2 rings (SSSR count). The summed E-state index contributed by atoms with van der Waals surface area (Å²) in [6, 6.07) is 1.78. The molecule has 106 valence electrons. The summed E-state index contributed by atoms with van der Waals surface area (Å²) in [4.78, 5) is 20.8. The number of anilines is 1. The van der Waals surface area contributed by atoms with E-state index >= 15 is 0 Å². The van der Waals surface area contributed by atoms with Crippen molar-refractivity contribution in [3.05, 3.63) is 34.6 Å². The molecule has 0 spiro atoms. The van der Waals surface area contributed by atoms with E-state index in [1.165, 1.54) is 0 Å². The first-order valence-electron chi connectivity index (χ1n) is 6.66. The Morgan fingerprint density at radius 1 is 1.25 bits per heavy atom. The summed E-state index contributed by atoms with van der Waals surface area (Å²) in [6.07, 6.45) is 1.43. The zero-order chi connectivity index (χ0) is 14.7. The van der Waals surface area contributed by atoms with Crippen LogP contribution in [-0.2, 0) is 12.8 Å². The fourth-order valence-electron chi connectivity index (χ4n) is 2.00. The van der Waals surface area contributed by atoms with E-state index < -0.39 is 0 Å². The average molecular weight is 274 g/mol. The molecule has 0 radical (unpaired) electrons. The van der Waals surface area contributed by atoms with Gasteiger partial charge in [0.1, 0.15) is 23.0 Å². The van der Waals surface area contributed by atoms with Crippen molar-refractivity contribution in [3.63, 3.8) is 0 Å². The van der Waals surface area contributed by atoms with Gasteiger partial charge in [0.25, 0.3) is 5.91 Å². The van der Waals surface area contributed by atoms with Crippen LogP contribution in [0.2, 0.25) is 0 Å². The lowest BCUT2D eigenvalue weighted by molar-refractivity contribution is 0.102. The van der Waals surface area contributed by atoms with Crippen molar-refractivity contribution in [2.24, 2.45) is 0 Å². The zero-order valence-corrected chi connectivity index (χ0v) is 12.1. The molecule has 0 saturated heterocycles. The molecule has 0 atom stereocenters. The Kier molecular flexibility index (Phi) is 4.12. The van der Waals surface area contributed by atoms with Crippen molar-refractivity contribution in [3.8, 4) is 0 Å². The molecule has 0 bridgehead atoms. The second-order valence-corrected chi connectivity index (χ2v) is 4.51. The molecule has 6 nitrogen and oxygen atoms in total. The van der Waals surface area contributed by atoms with E-state index in [0.29, 0.717) is 35.1 Å². The molecule has 2 aromatic heterocycles. The van der Waals surface area contributed by atoms with E-state index in [0.717, 1.165) is 12.1 Å². The molecular formula is C14H18N4O2.